The van der Waals surface area contributed by atoms with E-state index in [9.17, 15) is 4.39 Å². The maximum Gasteiger partial charge on any atom is 0.169 e. The van der Waals surface area contributed by atoms with Crippen LogP contribution in [0.2, 0.25) is 0 Å². The molecule has 1 heterocycles. The number of hydrogen-bond acceptors (Lipinski definition) is 4. The lowest BCUT2D eigenvalue weighted by molar-refractivity contribution is 0.612. The van der Waals surface area contributed by atoms with E-state index in [-0.39, 0.29) is 12.4 Å². The molecule has 4 nitrogen and oxygen atoms in total. The molecule has 0 radical (unpaired) electrons. The zero-order chi connectivity index (χ0) is 14.8. The maximum atomic E-state index is 13.7. The lowest BCUT2D eigenvalue weighted by atomic mass is 10.2. The molecular weight excluding hydrogens is 335 g/mol. The predicted octanol–water partition coefficient (Wildman–Crippen LogP) is 3.73. The first-order valence-electron chi connectivity index (χ1n) is 6.33. The van der Waals surface area contributed by atoms with Crippen LogP contribution in [0.4, 0.5) is 16.0 Å². The van der Waals surface area contributed by atoms with Crippen molar-refractivity contribution in [2.24, 2.45) is 0 Å². The fourth-order valence-electron chi connectivity index (χ4n) is 2.00. The lowest BCUT2D eigenvalue weighted by Crippen LogP contribution is -2.07. The normalized spacial score (nSPS) is 10.8. The second-order valence-electron chi connectivity index (χ2n) is 4.54. The Morgan fingerprint density at radius 1 is 1.10 bits per heavy atom. The van der Waals surface area contributed by atoms with Gasteiger partial charge in [0.1, 0.15) is 5.82 Å². The van der Waals surface area contributed by atoms with Crippen molar-refractivity contribution in [1.29, 1.82) is 0 Å². The Balaban J connectivity index is 1.88. The van der Waals surface area contributed by atoms with Crippen molar-refractivity contribution >= 4 is 38.6 Å². The molecule has 3 aromatic rings. The summed E-state index contributed by atoms with van der Waals surface area (Å²) in [5, 5.41) is 3.03. The van der Waals surface area contributed by atoms with Crippen LogP contribution in [-0.2, 0) is 6.54 Å². The fraction of sp³-hybridized carbons (Fsp3) is 0.0667. The van der Waals surface area contributed by atoms with Crippen LogP contribution in [0.3, 0.4) is 0 Å². The number of para-hydroxylation sites is 2. The molecule has 106 valence electrons. The van der Waals surface area contributed by atoms with E-state index < -0.39 is 0 Å². The van der Waals surface area contributed by atoms with Crippen molar-refractivity contribution in [2.45, 2.75) is 6.54 Å². The molecule has 1 aromatic heterocycles. The van der Waals surface area contributed by atoms with Crippen molar-refractivity contribution < 1.29 is 4.39 Å². The van der Waals surface area contributed by atoms with E-state index in [1.165, 1.54) is 6.07 Å². The van der Waals surface area contributed by atoms with Gasteiger partial charge in [0, 0.05) is 16.6 Å². The van der Waals surface area contributed by atoms with Crippen molar-refractivity contribution in [3.05, 3.63) is 58.3 Å². The third-order valence-corrected chi connectivity index (χ3v) is 3.54. The predicted molar refractivity (Wildman–Crippen MR) is 85.4 cm³/mol. The summed E-state index contributed by atoms with van der Waals surface area (Å²) in [7, 11) is 0. The Bertz CT molecular complexity index is 807. The second-order valence-corrected chi connectivity index (χ2v) is 5.45. The van der Waals surface area contributed by atoms with Gasteiger partial charge < -0.3 is 11.1 Å². The van der Waals surface area contributed by atoms with E-state index in [1.54, 1.807) is 12.1 Å². The number of anilines is 2. The summed E-state index contributed by atoms with van der Waals surface area (Å²) >= 11 is 3.32. The van der Waals surface area contributed by atoms with Crippen molar-refractivity contribution in [3.63, 3.8) is 0 Å². The Morgan fingerprint density at radius 3 is 2.57 bits per heavy atom. The van der Waals surface area contributed by atoms with Gasteiger partial charge in [-0.1, -0.05) is 28.1 Å². The SMILES string of the molecule is Nc1nc2ccccc2nc1NCc1cc(Br)ccc1F. The van der Waals surface area contributed by atoms with E-state index in [0.717, 1.165) is 15.5 Å². The molecule has 2 aromatic carbocycles. The van der Waals surface area contributed by atoms with E-state index >= 15 is 0 Å². The molecule has 0 saturated heterocycles. The summed E-state index contributed by atoms with van der Waals surface area (Å²) in [5.41, 5.74) is 7.88. The van der Waals surface area contributed by atoms with Crippen LogP contribution in [-0.4, -0.2) is 9.97 Å². The fourth-order valence-corrected chi connectivity index (χ4v) is 2.41. The second kappa shape index (κ2) is 5.65. The molecule has 0 aliphatic carbocycles. The minimum absolute atomic E-state index is 0.280. The molecule has 0 spiro atoms. The van der Waals surface area contributed by atoms with Gasteiger partial charge in [0.2, 0.25) is 0 Å². The first kappa shape index (κ1) is 13.8. The van der Waals surface area contributed by atoms with Gasteiger partial charge in [0.25, 0.3) is 0 Å². The van der Waals surface area contributed by atoms with Gasteiger partial charge in [0.05, 0.1) is 11.0 Å². The highest BCUT2D eigenvalue weighted by molar-refractivity contribution is 9.10. The average molecular weight is 347 g/mol. The number of rotatable bonds is 3. The van der Waals surface area contributed by atoms with Gasteiger partial charge in [-0.2, -0.15) is 0 Å². The van der Waals surface area contributed by atoms with E-state index in [0.29, 0.717) is 17.2 Å². The lowest BCUT2D eigenvalue weighted by Gasteiger charge is -2.10. The van der Waals surface area contributed by atoms with Gasteiger partial charge in [-0.05, 0) is 30.3 Å². The summed E-state index contributed by atoms with van der Waals surface area (Å²) in [5.74, 6) is 0.468. The molecule has 0 bridgehead atoms. The summed E-state index contributed by atoms with van der Waals surface area (Å²) in [6, 6.07) is 12.2. The zero-order valence-electron chi connectivity index (χ0n) is 11.0. The smallest absolute Gasteiger partial charge is 0.169 e. The van der Waals surface area contributed by atoms with Crippen LogP contribution in [0.1, 0.15) is 5.56 Å². The van der Waals surface area contributed by atoms with Gasteiger partial charge in [-0.15, -0.1) is 0 Å². The third-order valence-electron chi connectivity index (χ3n) is 3.05. The molecule has 0 aliphatic heterocycles. The number of fused-ring (bicyclic) bond motifs is 1. The first-order chi connectivity index (χ1) is 10.1. The van der Waals surface area contributed by atoms with Crippen molar-refractivity contribution in [3.8, 4) is 0 Å². The first-order valence-corrected chi connectivity index (χ1v) is 7.13. The highest BCUT2D eigenvalue weighted by Crippen LogP contribution is 2.21. The van der Waals surface area contributed by atoms with Gasteiger partial charge >= 0.3 is 0 Å². The van der Waals surface area contributed by atoms with E-state index in [4.69, 9.17) is 5.73 Å². The third kappa shape index (κ3) is 2.95. The molecule has 3 N–H and O–H groups in total. The molecule has 0 unspecified atom stereocenters. The number of aromatic nitrogens is 2. The van der Waals surface area contributed by atoms with Crippen LogP contribution in [0.25, 0.3) is 11.0 Å². The van der Waals surface area contributed by atoms with Gasteiger partial charge in [-0.25, -0.2) is 14.4 Å². The number of nitrogens with two attached hydrogens (primary N) is 1. The number of halogens is 2. The maximum absolute atomic E-state index is 13.7. The van der Waals surface area contributed by atoms with Crippen LogP contribution >= 0.6 is 15.9 Å². The topological polar surface area (TPSA) is 63.8 Å². The van der Waals surface area contributed by atoms with Crippen molar-refractivity contribution in [1.82, 2.24) is 9.97 Å². The highest BCUT2D eigenvalue weighted by Gasteiger charge is 2.07. The monoisotopic (exact) mass is 346 g/mol. The number of benzene rings is 2. The minimum Gasteiger partial charge on any atom is -0.381 e. The van der Waals surface area contributed by atoms with Crippen molar-refractivity contribution in [2.75, 3.05) is 11.1 Å². The minimum atomic E-state index is -0.280. The summed E-state index contributed by atoms with van der Waals surface area (Å²) < 4.78 is 14.5. The van der Waals surface area contributed by atoms with Crippen LogP contribution in [0.5, 0.6) is 0 Å². The Labute approximate surface area is 129 Å². The molecule has 0 aliphatic rings. The molecular formula is C15H12BrFN4. The quantitative estimate of drug-likeness (QED) is 0.758. The van der Waals surface area contributed by atoms with Crippen LogP contribution in [0, 0.1) is 5.82 Å². The standard InChI is InChI=1S/C15H12BrFN4/c16-10-5-6-11(17)9(7-10)8-19-15-14(18)20-12-3-1-2-4-13(12)21-15/h1-7H,8H2,(H2,18,20)(H,19,21). The Hall–Kier alpha value is -2.21. The molecule has 0 atom stereocenters. The largest absolute Gasteiger partial charge is 0.381 e. The zero-order valence-corrected chi connectivity index (χ0v) is 12.6. The average Bonchev–Trinajstić information content (AvgIpc) is 2.48. The Kier molecular flexibility index (Phi) is 3.70. The number of nitrogen functional groups attached to an aromatic ring is 1. The van der Waals surface area contributed by atoms with Gasteiger partial charge in [0.15, 0.2) is 11.6 Å². The van der Waals surface area contributed by atoms with Crippen LogP contribution < -0.4 is 11.1 Å². The van der Waals surface area contributed by atoms with E-state index in [2.05, 4.69) is 31.2 Å². The number of nitrogens with one attached hydrogen (secondary N) is 1. The summed E-state index contributed by atoms with van der Waals surface area (Å²) in [6.45, 7) is 0.280. The van der Waals surface area contributed by atoms with Crippen LogP contribution in [0.15, 0.2) is 46.9 Å². The summed E-state index contributed by atoms with van der Waals surface area (Å²) in [4.78, 5) is 8.69. The molecule has 0 amide bonds. The molecule has 0 saturated carbocycles. The number of nitrogens with zero attached hydrogens (tertiary/aromatic N) is 2. The molecule has 6 heteroatoms. The van der Waals surface area contributed by atoms with Gasteiger partial charge in [-0.3, -0.25) is 0 Å². The summed E-state index contributed by atoms with van der Waals surface area (Å²) in [6.07, 6.45) is 0. The number of hydrogen-bond donors (Lipinski definition) is 2. The molecule has 21 heavy (non-hydrogen) atoms. The highest BCUT2D eigenvalue weighted by atomic mass is 79.9. The molecule has 0 fully saturated rings. The molecule has 3 rings (SSSR count). The Morgan fingerprint density at radius 2 is 1.81 bits per heavy atom. The van der Waals surface area contributed by atoms with E-state index in [1.807, 2.05) is 24.3 Å².